The minimum atomic E-state index is 0.176. The van der Waals surface area contributed by atoms with Crippen molar-refractivity contribution in [2.75, 3.05) is 19.4 Å². The molecular weight excluding hydrogens is 254 g/mol. The molecule has 1 N–H and O–H groups in total. The summed E-state index contributed by atoms with van der Waals surface area (Å²) in [6.45, 7) is 8.55. The molecule has 0 amide bonds. The Kier molecular flexibility index (Phi) is 4.93. The number of thioether (sulfide) groups is 1. The standard InChI is InChI=1S/C16H25NOS/c1-16(2,3)17-11-13-9-10-18-15(13)12-5-7-14(19-4)8-6-12/h5-8,13,15,17H,9-11H2,1-4H3. The number of hydrogen-bond acceptors (Lipinski definition) is 3. The Morgan fingerprint density at radius 1 is 1.26 bits per heavy atom. The smallest absolute Gasteiger partial charge is 0.0866 e. The predicted molar refractivity (Wildman–Crippen MR) is 82.8 cm³/mol. The van der Waals surface area contributed by atoms with E-state index in [1.54, 1.807) is 11.8 Å². The summed E-state index contributed by atoms with van der Waals surface area (Å²) in [6.07, 6.45) is 3.51. The monoisotopic (exact) mass is 279 g/mol. The van der Waals surface area contributed by atoms with Crippen LogP contribution >= 0.6 is 11.8 Å². The summed E-state index contributed by atoms with van der Waals surface area (Å²) in [4.78, 5) is 1.31. The lowest BCUT2D eigenvalue weighted by molar-refractivity contribution is 0.0889. The van der Waals surface area contributed by atoms with Crippen molar-refractivity contribution in [3.8, 4) is 0 Å². The van der Waals surface area contributed by atoms with Crippen LogP contribution in [0.15, 0.2) is 29.2 Å². The molecule has 0 aromatic heterocycles. The van der Waals surface area contributed by atoms with Crippen LogP contribution in [0, 0.1) is 5.92 Å². The van der Waals surface area contributed by atoms with Gasteiger partial charge in [-0.1, -0.05) is 12.1 Å². The van der Waals surface area contributed by atoms with Crippen LogP contribution < -0.4 is 5.32 Å². The van der Waals surface area contributed by atoms with Gasteiger partial charge < -0.3 is 10.1 Å². The van der Waals surface area contributed by atoms with E-state index in [0.717, 1.165) is 19.6 Å². The predicted octanol–water partition coefficient (Wildman–Crippen LogP) is 3.87. The fourth-order valence-electron chi connectivity index (χ4n) is 2.44. The van der Waals surface area contributed by atoms with E-state index in [4.69, 9.17) is 4.74 Å². The number of nitrogens with one attached hydrogen (secondary N) is 1. The van der Waals surface area contributed by atoms with Gasteiger partial charge in [-0.15, -0.1) is 11.8 Å². The third-order valence-electron chi connectivity index (χ3n) is 3.55. The van der Waals surface area contributed by atoms with Crippen molar-refractivity contribution in [1.29, 1.82) is 0 Å². The van der Waals surface area contributed by atoms with Crippen molar-refractivity contribution in [2.24, 2.45) is 5.92 Å². The molecule has 0 spiro atoms. The van der Waals surface area contributed by atoms with Gasteiger partial charge in [0, 0.05) is 29.5 Å². The van der Waals surface area contributed by atoms with Crippen LogP contribution in [0.25, 0.3) is 0 Å². The summed E-state index contributed by atoms with van der Waals surface area (Å²) in [5.41, 5.74) is 1.49. The molecule has 1 aromatic carbocycles. The normalized spacial score (nSPS) is 23.8. The molecule has 1 fully saturated rings. The Morgan fingerprint density at radius 3 is 2.53 bits per heavy atom. The molecule has 3 heteroatoms. The van der Waals surface area contributed by atoms with E-state index in [0.29, 0.717) is 5.92 Å². The van der Waals surface area contributed by atoms with Crippen LogP contribution in [-0.2, 0) is 4.74 Å². The highest BCUT2D eigenvalue weighted by Crippen LogP contribution is 2.35. The summed E-state index contributed by atoms with van der Waals surface area (Å²) in [5, 5.41) is 3.60. The second-order valence-corrected chi connectivity index (χ2v) is 7.12. The molecule has 0 radical (unpaired) electrons. The van der Waals surface area contributed by atoms with Crippen molar-refractivity contribution in [1.82, 2.24) is 5.32 Å². The average molecular weight is 279 g/mol. The molecule has 1 saturated heterocycles. The minimum Gasteiger partial charge on any atom is -0.373 e. The molecule has 1 aliphatic rings. The minimum absolute atomic E-state index is 0.176. The molecule has 1 aromatic rings. The molecule has 0 aliphatic carbocycles. The first kappa shape index (κ1) is 14.9. The maximum atomic E-state index is 5.94. The highest BCUT2D eigenvalue weighted by molar-refractivity contribution is 7.98. The molecule has 2 rings (SSSR count). The zero-order valence-corrected chi connectivity index (χ0v) is 13.2. The van der Waals surface area contributed by atoms with Crippen molar-refractivity contribution in [3.05, 3.63) is 29.8 Å². The quantitative estimate of drug-likeness (QED) is 0.845. The lowest BCUT2D eigenvalue weighted by Gasteiger charge is -2.26. The number of rotatable bonds is 4. The molecule has 106 valence electrons. The lowest BCUT2D eigenvalue weighted by atomic mass is 9.94. The Morgan fingerprint density at radius 2 is 1.95 bits per heavy atom. The number of hydrogen-bond donors (Lipinski definition) is 1. The van der Waals surface area contributed by atoms with E-state index < -0.39 is 0 Å². The van der Waals surface area contributed by atoms with Crippen molar-refractivity contribution >= 4 is 11.8 Å². The molecule has 1 aliphatic heterocycles. The summed E-state index contributed by atoms with van der Waals surface area (Å²) in [6, 6.07) is 8.81. The molecule has 2 atom stereocenters. The maximum absolute atomic E-state index is 5.94. The Hall–Kier alpha value is -0.510. The van der Waals surface area contributed by atoms with Crippen LogP contribution in [-0.4, -0.2) is 24.9 Å². The van der Waals surface area contributed by atoms with Crippen molar-refractivity contribution in [2.45, 2.75) is 43.7 Å². The van der Waals surface area contributed by atoms with Gasteiger partial charge in [-0.25, -0.2) is 0 Å². The highest BCUT2D eigenvalue weighted by atomic mass is 32.2. The molecule has 2 nitrogen and oxygen atoms in total. The van der Waals surface area contributed by atoms with Crippen LogP contribution in [0.1, 0.15) is 38.9 Å². The molecule has 2 unspecified atom stereocenters. The molecular formula is C16H25NOS. The lowest BCUT2D eigenvalue weighted by Crippen LogP contribution is -2.39. The summed E-state index contributed by atoms with van der Waals surface area (Å²) < 4.78 is 5.94. The van der Waals surface area contributed by atoms with Crippen LogP contribution in [0.5, 0.6) is 0 Å². The fraction of sp³-hybridized carbons (Fsp3) is 0.625. The maximum Gasteiger partial charge on any atom is 0.0866 e. The number of benzene rings is 1. The van der Waals surface area contributed by atoms with Crippen molar-refractivity contribution < 1.29 is 4.74 Å². The average Bonchev–Trinajstić information content (AvgIpc) is 2.84. The van der Waals surface area contributed by atoms with E-state index in [2.05, 4.69) is 56.6 Å². The molecule has 1 heterocycles. The zero-order valence-electron chi connectivity index (χ0n) is 12.4. The Balaban J connectivity index is 2.01. The van der Waals surface area contributed by atoms with E-state index in [9.17, 15) is 0 Å². The van der Waals surface area contributed by atoms with Gasteiger partial charge in [0.15, 0.2) is 0 Å². The third kappa shape index (κ3) is 4.23. The highest BCUT2D eigenvalue weighted by Gasteiger charge is 2.30. The van der Waals surface area contributed by atoms with Gasteiger partial charge in [0.05, 0.1) is 6.10 Å². The second-order valence-electron chi connectivity index (χ2n) is 6.24. The topological polar surface area (TPSA) is 21.3 Å². The van der Waals surface area contributed by atoms with Crippen molar-refractivity contribution in [3.63, 3.8) is 0 Å². The number of ether oxygens (including phenoxy) is 1. The molecule has 0 saturated carbocycles. The second kappa shape index (κ2) is 6.29. The summed E-state index contributed by atoms with van der Waals surface area (Å²) in [5.74, 6) is 0.583. The van der Waals surface area contributed by atoms with Gasteiger partial charge in [0.1, 0.15) is 0 Å². The van der Waals surface area contributed by atoms with Gasteiger partial charge in [0.2, 0.25) is 0 Å². The van der Waals surface area contributed by atoms with Gasteiger partial charge in [0.25, 0.3) is 0 Å². The molecule has 0 bridgehead atoms. The summed E-state index contributed by atoms with van der Waals surface area (Å²) in [7, 11) is 0. The first-order valence-electron chi connectivity index (χ1n) is 7.00. The zero-order chi connectivity index (χ0) is 13.9. The van der Waals surface area contributed by atoms with Crippen LogP contribution in [0.2, 0.25) is 0 Å². The van der Waals surface area contributed by atoms with Gasteiger partial charge in [-0.2, -0.15) is 0 Å². The largest absolute Gasteiger partial charge is 0.373 e. The van der Waals surface area contributed by atoms with E-state index in [1.165, 1.54) is 10.5 Å². The Bertz CT molecular complexity index is 396. The first-order chi connectivity index (χ1) is 8.99. The van der Waals surface area contributed by atoms with E-state index in [-0.39, 0.29) is 11.6 Å². The first-order valence-corrected chi connectivity index (χ1v) is 8.22. The summed E-state index contributed by atoms with van der Waals surface area (Å²) >= 11 is 1.78. The van der Waals surface area contributed by atoms with E-state index in [1.807, 2.05) is 0 Å². The van der Waals surface area contributed by atoms with Crippen LogP contribution in [0.4, 0.5) is 0 Å². The van der Waals surface area contributed by atoms with E-state index >= 15 is 0 Å². The molecule has 19 heavy (non-hydrogen) atoms. The SMILES string of the molecule is CSc1ccc(C2OCCC2CNC(C)(C)C)cc1. The fourth-order valence-corrected chi connectivity index (χ4v) is 2.85. The van der Waals surface area contributed by atoms with Gasteiger partial charge >= 0.3 is 0 Å². The van der Waals surface area contributed by atoms with Gasteiger partial charge in [-0.05, 0) is 51.1 Å². The third-order valence-corrected chi connectivity index (χ3v) is 4.30. The van der Waals surface area contributed by atoms with Gasteiger partial charge in [-0.3, -0.25) is 0 Å². The Labute approximate surface area is 121 Å². The van der Waals surface area contributed by atoms with Crippen LogP contribution in [0.3, 0.4) is 0 Å².